The molecule has 226 valence electrons. The third kappa shape index (κ3) is 9.55. The summed E-state index contributed by atoms with van der Waals surface area (Å²) in [6.45, 7) is 1.68. The first-order chi connectivity index (χ1) is 21.3. The van der Waals surface area contributed by atoms with E-state index in [0.717, 1.165) is 22.3 Å². The predicted octanol–water partition coefficient (Wildman–Crippen LogP) is 5.69. The van der Waals surface area contributed by atoms with Gasteiger partial charge in [-0.05, 0) is 22.3 Å². The minimum absolute atomic E-state index is 0.0917. The van der Waals surface area contributed by atoms with Crippen LogP contribution in [0, 0.1) is 0 Å². The number of hydrogen-bond acceptors (Lipinski definition) is 7. The maximum atomic E-state index is 9.60. The smallest absolute Gasteiger partial charge is 0.187 e. The molecule has 7 nitrogen and oxygen atoms in total. The highest BCUT2D eigenvalue weighted by atomic mass is 16.7. The Bertz CT molecular complexity index is 1290. The van der Waals surface area contributed by atoms with Gasteiger partial charge in [0.15, 0.2) is 6.29 Å². The molecule has 43 heavy (non-hydrogen) atoms. The van der Waals surface area contributed by atoms with E-state index in [0.29, 0.717) is 26.4 Å². The highest BCUT2D eigenvalue weighted by Gasteiger charge is 2.49. The molecule has 3 unspecified atom stereocenters. The molecule has 1 N–H and O–H groups in total. The molecule has 1 heterocycles. The van der Waals surface area contributed by atoms with Crippen LogP contribution in [0.2, 0.25) is 0 Å². The van der Waals surface area contributed by atoms with Gasteiger partial charge in [0, 0.05) is 0 Å². The van der Waals surface area contributed by atoms with Gasteiger partial charge in [0.05, 0.1) is 46.2 Å². The zero-order valence-electron chi connectivity index (χ0n) is 24.3. The number of aliphatic hydroxyl groups is 1. The van der Waals surface area contributed by atoms with Crippen LogP contribution in [0.5, 0.6) is 0 Å². The zero-order chi connectivity index (χ0) is 29.5. The van der Waals surface area contributed by atoms with E-state index in [1.165, 1.54) is 0 Å². The molecule has 4 aromatic carbocycles. The molecular formula is C36H40O7. The molecule has 0 saturated carbocycles. The van der Waals surface area contributed by atoms with Crippen molar-refractivity contribution in [2.24, 2.45) is 0 Å². The molecule has 0 radical (unpaired) electrons. The zero-order valence-corrected chi connectivity index (χ0v) is 24.3. The standard InChI is InChI=1S/C36H40O7/c37-21-22-39-36-35(42-26-31-19-11-4-12-20-31)34(41-25-30-17-9-3-10-18-30)33(40-24-29-15-7-2-8-16-29)32(43-36)27-38-23-28-13-5-1-6-14-28/h1-20,32-37H,21-27H2/t32?,33-,34?,35-,36?/m1/s1. The number of hydrogen-bond donors (Lipinski definition) is 1. The molecule has 7 heteroatoms. The third-order valence-electron chi connectivity index (χ3n) is 7.21. The summed E-state index contributed by atoms with van der Waals surface area (Å²) in [6, 6.07) is 40.0. The van der Waals surface area contributed by atoms with Crippen molar-refractivity contribution >= 4 is 0 Å². The Morgan fingerprint density at radius 1 is 0.488 bits per heavy atom. The van der Waals surface area contributed by atoms with Crippen LogP contribution in [0.15, 0.2) is 121 Å². The average molecular weight is 585 g/mol. The lowest BCUT2D eigenvalue weighted by Gasteiger charge is -2.45. The van der Waals surface area contributed by atoms with Crippen molar-refractivity contribution < 1.29 is 33.5 Å². The Labute approximate surface area is 253 Å². The van der Waals surface area contributed by atoms with Crippen molar-refractivity contribution in [2.75, 3.05) is 19.8 Å². The summed E-state index contributed by atoms with van der Waals surface area (Å²) < 4.78 is 38.5. The quantitative estimate of drug-likeness (QED) is 0.181. The molecule has 0 aromatic heterocycles. The molecule has 1 fully saturated rings. The second kappa shape index (κ2) is 17.0. The van der Waals surface area contributed by atoms with E-state index in [1.54, 1.807) is 0 Å². The lowest BCUT2D eigenvalue weighted by Crippen LogP contribution is -2.61. The molecule has 4 aromatic rings. The van der Waals surface area contributed by atoms with Gasteiger partial charge in [-0.3, -0.25) is 0 Å². The van der Waals surface area contributed by atoms with Gasteiger partial charge in [0.2, 0.25) is 0 Å². The van der Waals surface area contributed by atoms with E-state index in [1.807, 2.05) is 121 Å². The summed E-state index contributed by atoms with van der Waals surface area (Å²) in [5.74, 6) is 0. The van der Waals surface area contributed by atoms with Crippen LogP contribution in [0.1, 0.15) is 22.3 Å². The van der Waals surface area contributed by atoms with Gasteiger partial charge in [-0.2, -0.15) is 0 Å². The molecule has 5 rings (SSSR count). The first-order valence-corrected chi connectivity index (χ1v) is 14.8. The van der Waals surface area contributed by atoms with Crippen LogP contribution in [-0.2, 0) is 54.8 Å². The van der Waals surface area contributed by atoms with Crippen molar-refractivity contribution in [1.82, 2.24) is 0 Å². The van der Waals surface area contributed by atoms with E-state index in [-0.39, 0.29) is 19.8 Å². The second-order valence-electron chi connectivity index (χ2n) is 10.4. The molecule has 0 aliphatic carbocycles. The van der Waals surface area contributed by atoms with Crippen molar-refractivity contribution in [3.05, 3.63) is 144 Å². The lowest BCUT2D eigenvalue weighted by molar-refractivity contribution is -0.329. The van der Waals surface area contributed by atoms with Crippen LogP contribution in [0.25, 0.3) is 0 Å². The van der Waals surface area contributed by atoms with Gasteiger partial charge in [-0.1, -0.05) is 121 Å². The monoisotopic (exact) mass is 584 g/mol. The predicted molar refractivity (Wildman–Crippen MR) is 163 cm³/mol. The fraction of sp³-hybridized carbons (Fsp3) is 0.333. The largest absolute Gasteiger partial charge is 0.394 e. The number of aliphatic hydroxyl groups excluding tert-OH is 1. The van der Waals surface area contributed by atoms with Gasteiger partial charge in [-0.15, -0.1) is 0 Å². The third-order valence-corrected chi connectivity index (χ3v) is 7.21. The highest BCUT2D eigenvalue weighted by Crippen LogP contribution is 2.31. The molecule has 1 saturated heterocycles. The maximum Gasteiger partial charge on any atom is 0.187 e. The van der Waals surface area contributed by atoms with E-state index >= 15 is 0 Å². The van der Waals surface area contributed by atoms with Crippen molar-refractivity contribution in [3.63, 3.8) is 0 Å². The van der Waals surface area contributed by atoms with Crippen molar-refractivity contribution in [1.29, 1.82) is 0 Å². The second-order valence-corrected chi connectivity index (χ2v) is 10.4. The summed E-state index contributed by atoms with van der Waals surface area (Å²) in [6.07, 6.45) is -3.06. The van der Waals surface area contributed by atoms with Crippen LogP contribution < -0.4 is 0 Å². The first kappa shape index (κ1) is 31.0. The molecule has 1 aliphatic heterocycles. The number of rotatable bonds is 16. The van der Waals surface area contributed by atoms with E-state index < -0.39 is 30.7 Å². The fourth-order valence-corrected chi connectivity index (χ4v) is 5.05. The van der Waals surface area contributed by atoms with E-state index in [4.69, 9.17) is 28.4 Å². The molecular weight excluding hydrogens is 544 g/mol. The maximum absolute atomic E-state index is 9.60. The number of benzene rings is 4. The summed E-state index contributed by atoms with van der Waals surface area (Å²) in [7, 11) is 0. The topological polar surface area (TPSA) is 75.6 Å². The molecule has 0 bridgehead atoms. The summed E-state index contributed by atoms with van der Waals surface area (Å²) in [5, 5.41) is 9.60. The summed E-state index contributed by atoms with van der Waals surface area (Å²) in [5.41, 5.74) is 4.14. The Kier molecular flexibility index (Phi) is 12.3. The Balaban J connectivity index is 1.41. The molecule has 1 aliphatic rings. The van der Waals surface area contributed by atoms with E-state index in [2.05, 4.69) is 0 Å². The average Bonchev–Trinajstić information content (AvgIpc) is 3.07. The van der Waals surface area contributed by atoms with Crippen LogP contribution in [0.4, 0.5) is 0 Å². The minimum atomic E-state index is -0.807. The fourth-order valence-electron chi connectivity index (χ4n) is 5.05. The van der Waals surface area contributed by atoms with Gasteiger partial charge in [0.1, 0.15) is 24.4 Å². The highest BCUT2D eigenvalue weighted by molar-refractivity contribution is 5.16. The molecule has 0 spiro atoms. The van der Waals surface area contributed by atoms with Gasteiger partial charge in [-0.25, -0.2) is 0 Å². The SMILES string of the molecule is OCCOC1OC(COCc2ccccc2)[C@@H](OCc2ccccc2)C(OCc2ccccc2)[C@H]1OCc1ccccc1. The van der Waals surface area contributed by atoms with Crippen molar-refractivity contribution in [2.45, 2.75) is 57.1 Å². The Hall–Kier alpha value is -3.40. The van der Waals surface area contributed by atoms with Crippen LogP contribution in [-0.4, -0.2) is 55.6 Å². The van der Waals surface area contributed by atoms with Gasteiger partial charge in [0.25, 0.3) is 0 Å². The van der Waals surface area contributed by atoms with Gasteiger partial charge >= 0.3 is 0 Å². The first-order valence-electron chi connectivity index (χ1n) is 14.8. The summed E-state index contributed by atoms with van der Waals surface area (Å²) in [4.78, 5) is 0. The molecule has 5 atom stereocenters. The van der Waals surface area contributed by atoms with E-state index in [9.17, 15) is 5.11 Å². The van der Waals surface area contributed by atoms with Crippen LogP contribution >= 0.6 is 0 Å². The summed E-state index contributed by atoms with van der Waals surface area (Å²) >= 11 is 0. The van der Waals surface area contributed by atoms with Crippen molar-refractivity contribution in [3.8, 4) is 0 Å². The van der Waals surface area contributed by atoms with Gasteiger partial charge < -0.3 is 33.5 Å². The molecule has 0 amide bonds. The Morgan fingerprint density at radius 2 is 0.907 bits per heavy atom. The Morgan fingerprint density at radius 3 is 1.37 bits per heavy atom. The van der Waals surface area contributed by atoms with Crippen LogP contribution in [0.3, 0.4) is 0 Å². The normalized spacial score (nSPS) is 21.9. The minimum Gasteiger partial charge on any atom is -0.394 e. The lowest BCUT2D eigenvalue weighted by atomic mass is 9.97. The number of ether oxygens (including phenoxy) is 6.